The molecule has 0 fully saturated rings. The molecule has 0 amide bonds. The number of hydrogen-bond acceptors (Lipinski definition) is 5. The molecule has 2 N–H and O–H groups in total. The van der Waals surface area contributed by atoms with E-state index in [-0.39, 0.29) is 0 Å². The molecule has 0 aromatic heterocycles. The van der Waals surface area contributed by atoms with Gasteiger partial charge in [-0.3, -0.25) is 0 Å². The summed E-state index contributed by atoms with van der Waals surface area (Å²) in [4.78, 5) is 12.4. The highest BCUT2D eigenvalue weighted by molar-refractivity contribution is 7.80. The summed E-state index contributed by atoms with van der Waals surface area (Å²) in [5.41, 5.74) is 2.91. The summed E-state index contributed by atoms with van der Waals surface area (Å²) >= 11 is 11.2. The second-order valence-corrected chi connectivity index (χ2v) is 7.46. The van der Waals surface area contributed by atoms with E-state index in [0.717, 1.165) is 11.1 Å². The fraction of sp³-hybridized carbons (Fsp3) is 0.273. The van der Waals surface area contributed by atoms with Crippen molar-refractivity contribution in [2.45, 2.75) is 26.5 Å². The summed E-state index contributed by atoms with van der Waals surface area (Å²) < 4.78 is 16.7. The molecule has 1 atom stereocenters. The Hall–Kier alpha value is -2.77. The number of hydrogen-bond donors (Lipinski definition) is 2. The van der Waals surface area contributed by atoms with Gasteiger partial charge in [0.05, 0.1) is 25.3 Å². The van der Waals surface area contributed by atoms with Gasteiger partial charge in [-0.15, -0.1) is 0 Å². The zero-order chi connectivity index (χ0) is 21.7. The van der Waals surface area contributed by atoms with Gasteiger partial charge >= 0.3 is 5.97 Å². The summed E-state index contributed by atoms with van der Waals surface area (Å²) in [5, 5.41) is 7.22. The summed E-state index contributed by atoms with van der Waals surface area (Å²) in [6.45, 7) is 4.53. The number of carbonyl (C=O) groups excluding carboxylic acids is 1. The Bertz CT molecular complexity index is 976. The first kappa shape index (κ1) is 21.9. The molecule has 0 saturated heterocycles. The van der Waals surface area contributed by atoms with E-state index < -0.39 is 12.0 Å². The lowest BCUT2D eigenvalue weighted by Crippen LogP contribution is -2.45. The third kappa shape index (κ3) is 5.04. The monoisotopic (exact) mass is 446 g/mol. The van der Waals surface area contributed by atoms with Gasteiger partial charge in [-0.1, -0.05) is 29.8 Å². The lowest BCUT2D eigenvalue weighted by atomic mass is 9.95. The normalized spacial score (nSPS) is 15.9. The van der Waals surface area contributed by atoms with E-state index in [9.17, 15) is 4.79 Å². The van der Waals surface area contributed by atoms with Crippen LogP contribution in [-0.2, 0) is 16.1 Å². The quantitative estimate of drug-likeness (QED) is 0.485. The molecule has 0 bridgehead atoms. The van der Waals surface area contributed by atoms with Gasteiger partial charge in [0.2, 0.25) is 0 Å². The minimum absolute atomic E-state index is 0.374. The predicted octanol–water partition coefficient (Wildman–Crippen LogP) is 4.28. The van der Waals surface area contributed by atoms with Gasteiger partial charge in [0.25, 0.3) is 0 Å². The minimum atomic E-state index is -0.462. The van der Waals surface area contributed by atoms with Crippen molar-refractivity contribution in [2.24, 2.45) is 0 Å². The van der Waals surface area contributed by atoms with Crippen molar-refractivity contribution in [3.8, 4) is 11.5 Å². The third-order valence-electron chi connectivity index (χ3n) is 4.58. The first-order valence-corrected chi connectivity index (χ1v) is 10.2. The minimum Gasteiger partial charge on any atom is -0.490 e. The number of methoxy groups -OCH3 is 1. The van der Waals surface area contributed by atoms with E-state index >= 15 is 0 Å². The summed E-state index contributed by atoms with van der Waals surface area (Å²) in [7, 11) is 1.35. The van der Waals surface area contributed by atoms with Gasteiger partial charge in [-0.25, -0.2) is 4.79 Å². The Kier molecular flexibility index (Phi) is 7.18. The molecule has 6 nitrogen and oxygen atoms in total. The van der Waals surface area contributed by atoms with Crippen LogP contribution < -0.4 is 20.1 Å². The Morgan fingerprint density at radius 3 is 2.53 bits per heavy atom. The van der Waals surface area contributed by atoms with Crippen molar-refractivity contribution < 1.29 is 19.0 Å². The first-order chi connectivity index (χ1) is 14.4. The molecule has 8 heteroatoms. The first-order valence-electron chi connectivity index (χ1n) is 9.43. The second kappa shape index (κ2) is 9.82. The van der Waals surface area contributed by atoms with Crippen LogP contribution in [0.5, 0.6) is 11.5 Å². The number of halogens is 1. The Morgan fingerprint density at radius 2 is 1.87 bits per heavy atom. The molecule has 2 aromatic carbocycles. The lowest BCUT2D eigenvalue weighted by molar-refractivity contribution is -0.136. The maximum atomic E-state index is 12.4. The van der Waals surface area contributed by atoms with Crippen LogP contribution in [0, 0.1) is 0 Å². The number of rotatable bonds is 7. The van der Waals surface area contributed by atoms with Crippen molar-refractivity contribution in [3.05, 3.63) is 69.9 Å². The highest BCUT2D eigenvalue weighted by Gasteiger charge is 2.31. The maximum absolute atomic E-state index is 12.4. The van der Waals surface area contributed by atoms with Crippen LogP contribution >= 0.6 is 23.8 Å². The fourth-order valence-electron chi connectivity index (χ4n) is 3.16. The standard InChI is InChI=1S/C22H23ClN2O4S/c1-4-28-18-11-15(20-19(21(26)27-3)13(2)24-22(30)25-20)7-10-17(18)29-12-14-5-8-16(23)9-6-14/h5-11,20H,4,12H2,1-3H3,(H2,24,25,30). The number of esters is 1. The molecule has 158 valence electrons. The number of carbonyl (C=O) groups is 1. The number of ether oxygens (including phenoxy) is 3. The van der Waals surface area contributed by atoms with Gasteiger partial charge < -0.3 is 24.8 Å². The van der Waals surface area contributed by atoms with E-state index in [1.165, 1.54) is 7.11 Å². The highest BCUT2D eigenvalue weighted by Crippen LogP contribution is 2.35. The van der Waals surface area contributed by atoms with Gasteiger partial charge in [0, 0.05) is 10.7 Å². The van der Waals surface area contributed by atoms with Gasteiger partial charge in [-0.2, -0.15) is 0 Å². The molecule has 3 rings (SSSR count). The summed E-state index contributed by atoms with van der Waals surface area (Å²) in [6.07, 6.45) is 0. The van der Waals surface area contributed by atoms with E-state index in [0.29, 0.717) is 46.1 Å². The van der Waals surface area contributed by atoms with Crippen LogP contribution in [0.4, 0.5) is 0 Å². The fourth-order valence-corrected chi connectivity index (χ4v) is 3.55. The summed E-state index contributed by atoms with van der Waals surface area (Å²) in [5.74, 6) is 0.755. The van der Waals surface area contributed by atoms with Crippen LogP contribution in [0.3, 0.4) is 0 Å². The van der Waals surface area contributed by atoms with Crippen LogP contribution in [0.15, 0.2) is 53.7 Å². The highest BCUT2D eigenvalue weighted by atomic mass is 35.5. The average molecular weight is 447 g/mol. The Morgan fingerprint density at radius 1 is 1.13 bits per heavy atom. The lowest BCUT2D eigenvalue weighted by Gasteiger charge is -2.30. The molecule has 0 saturated carbocycles. The number of allylic oxidation sites excluding steroid dienone is 1. The maximum Gasteiger partial charge on any atom is 0.337 e. The topological polar surface area (TPSA) is 68.8 Å². The van der Waals surface area contributed by atoms with Crippen LogP contribution in [-0.4, -0.2) is 24.8 Å². The van der Waals surface area contributed by atoms with Gasteiger partial charge in [0.1, 0.15) is 6.61 Å². The average Bonchev–Trinajstić information content (AvgIpc) is 2.73. The molecule has 2 aromatic rings. The van der Waals surface area contributed by atoms with Crippen LogP contribution in [0.2, 0.25) is 5.02 Å². The molecule has 1 heterocycles. The van der Waals surface area contributed by atoms with E-state index in [1.54, 1.807) is 6.92 Å². The molecule has 0 spiro atoms. The smallest absolute Gasteiger partial charge is 0.337 e. The number of benzene rings is 2. The molecule has 1 aliphatic rings. The van der Waals surface area contributed by atoms with Gasteiger partial charge in [0.15, 0.2) is 16.6 Å². The second-order valence-electron chi connectivity index (χ2n) is 6.62. The molecule has 0 radical (unpaired) electrons. The SMILES string of the molecule is CCOc1cc(C2NC(=S)NC(C)=C2C(=O)OC)ccc1OCc1ccc(Cl)cc1. The largest absolute Gasteiger partial charge is 0.490 e. The van der Waals surface area contributed by atoms with Crippen molar-refractivity contribution >= 4 is 34.9 Å². The zero-order valence-corrected chi connectivity index (χ0v) is 18.5. The van der Waals surface area contributed by atoms with E-state index in [4.69, 9.17) is 38.0 Å². The van der Waals surface area contributed by atoms with Crippen LogP contribution in [0.1, 0.15) is 31.0 Å². The predicted molar refractivity (Wildman–Crippen MR) is 120 cm³/mol. The zero-order valence-electron chi connectivity index (χ0n) is 17.0. The number of thiocarbonyl (C=S) groups is 1. The molecule has 1 aliphatic heterocycles. The number of nitrogens with one attached hydrogen (secondary N) is 2. The Balaban J connectivity index is 1.89. The van der Waals surface area contributed by atoms with Crippen molar-refractivity contribution in [1.29, 1.82) is 0 Å². The molecular weight excluding hydrogens is 424 g/mol. The summed E-state index contributed by atoms with van der Waals surface area (Å²) in [6, 6.07) is 12.6. The van der Waals surface area contributed by atoms with E-state index in [1.807, 2.05) is 49.4 Å². The molecule has 0 aliphatic carbocycles. The van der Waals surface area contributed by atoms with Crippen molar-refractivity contribution in [2.75, 3.05) is 13.7 Å². The third-order valence-corrected chi connectivity index (χ3v) is 5.05. The Labute approximate surface area is 186 Å². The molecular formula is C22H23ClN2O4S. The van der Waals surface area contributed by atoms with E-state index in [2.05, 4.69) is 10.6 Å². The van der Waals surface area contributed by atoms with Crippen molar-refractivity contribution in [3.63, 3.8) is 0 Å². The van der Waals surface area contributed by atoms with Crippen molar-refractivity contribution in [1.82, 2.24) is 10.6 Å². The molecule has 1 unspecified atom stereocenters. The van der Waals surface area contributed by atoms with Gasteiger partial charge in [-0.05, 0) is 61.5 Å². The molecule has 30 heavy (non-hydrogen) atoms. The van der Waals surface area contributed by atoms with Crippen LogP contribution in [0.25, 0.3) is 0 Å².